The highest BCUT2D eigenvalue weighted by atomic mass is 16.3. The van der Waals surface area contributed by atoms with Crippen molar-refractivity contribution in [2.45, 2.75) is 0 Å². The van der Waals surface area contributed by atoms with Gasteiger partial charge in [-0.25, -0.2) is 29.9 Å². The molecule has 0 atom stereocenters. The summed E-state index contributed by atoms with van der Waals surface area (Å²) in [5, 5.41) is 21.9. The van der Waals surface area contributed by atoms with E-state index in [-0.39, 0.29) is 0 Å². The van der Waals surface area contributed by atoms with Crippen molar-refractivity contribution < 1.29 is 13.3 Å². The molecular formula is C128H75N9O3. The summed E-state index contributed by atoms with van der Waals surface area (Å²) in [6.45, 7) is 0. The van der Waals surface area contributed by atoms with Crippen molar-refractivity contribution in [3.8, 4) is 89.4 Å². The lowest BCUT2D eigenvalue weighted by Gasteiger charge is -2.32. The molecule has 0 aliphatic carbocycles. The standard InChI is InChI=1S/C46H27N3O.C42H25N3O.C40H23N3O/c1-2-12-28(13-3-1)31-25-26-35(34-19-7-6-18-33(31)34)43-45-44(36-20-8-9-23-40(36)50-45)48-46(47-43)49-38-22-11-16-30-15-10-21-37(41(30)38)42-32-17-5-4-14-29(32)24-27-39(42)49;1-2-10-26(11-3-1)27-20-22-30(23-21-27)39-41-40(32-16-6-7-19-36(32)46-41)44-42(43-39)45-34-18-9-14-29-13-8-17-33(37(29)34)38-31-15-5-4-12-28(31)24-25-35(38)45;1-2-11-27-23-28(20-19-24(27)9-1)37-39-38(30-15-5-6-18-34(30)44-39)42-40(41-37)43-32-17-8-13-26-12-7-16-31(35(26)32)36-29-14-4-3-10-25(29)21-22-33(36)43/h1-27H;1-25H;1-23H. The topological polar surface area (TPSA) is 126 Å². The SMILES string of the molecule is c1ccc(-c2ccc(-c3nc(N4c5ccc6ccccc6c5-c5cccc6cccc4c56)nc4c3oc3ccccc34)c3ccccc23)cc1.c1ccc(-c2ccc(-c3nc(N4c5ccc6ccccc6c5-c5cccc6cccc4c56)nc4c3oc3ccccc34)cc2)cc1.c1ccc2cc(-c3nc(N4c5ccc6ccccc6c5-c5cccc6cccc4c56)nc4c3oc3ccccc34)ccc2c1. The van der Waals surface area contributed by atoms with E-state index in [1.807, 2.05) is 60.7 Å². The average Bonchev–Trinajstić information content (AvgIpc) is 0.888. The van der Waals surface area contributed by atoms with Crippen LogP contribution in [0.25, 0.3) is 242 Å². The molecule has 0 radical (unpaired) electrons. The Hall–Kier alpha value is -19.0. The van der Waals surface area contributed by atoms with Crippen LogP contribution in [0.15, 0.2) is 468 Å². The van der Waals surface area contributed by atoms with Crippen LogP contribution < -0.4 is 14.7 Å². The number of benzene rings is 22. The summed E-state index contributed by atoms with van der Waals surface area (Å²) in [4.78, 5) is 38.9. The van der Waals surface area contributed by atoms with Crippen LogP contribution in [-0.2, 0) is 0 Å². The molecule has 31 rings (SSSR count). The summed E-state index contributed by atoms with van der Waals surface area (Å²) in [5.74, 6) is 1.83. The van der Waals surface area contributed by atoms with E-state index in [4.69, 9.17) is 43.2 Å². The molecule has 6 aromatic heterocycles. The molecule has 0 bridgehead atoms. The minimum Gasteiger partial charge on any atom is -0.452 e. The normalized spacial score (nSPS) is 12.4. The lowest BCUT2D eigenvalue weighted by molar-refractivity contribution is 0.667. The summed E-state index contributed by atoms with van der Waals surface area (Å²) in [6, 6.07) is 160. The van der Waals surface area contributed by atoms with Gasteiger partial charge in [-0.1, -0.05) is 376 Å². The summed E-state index contributed by atoms with van der Waals surface area (Å²) < 4.78 is 19.6. The second-order valence-corrected chi connectivity index (χ2v) is 36.1. The van der Waals surface area contributed by atoms with Gasteiger partial charge in [0.05, 0.1) is 34.1 Å². The highest BCUT2D eigenvalue weighted by molar-refractivity contribution is 6.24. The Kier molecular flexibility index (Phi) is 17.5. The number of aromatic nitrogens is 6. The molecule has 0 fully saturated rings. The van der Waals surface area contributed by atoms with Crippen LogP contribution in [0.3, 0.4) is 0 Å². The maximum Gasteiger partial charge on any atom is 0.236 e. The highest BCUT2D eigenvalue weighted by Gasteiger charge is 2.36. The van der Waals surface area contributed by atoms with Crippen LogP contribution >= 0.6 is 0 Å². The van der Waals surface area contributed by atoms with Crippen molar-refractivity contribution in [3.63, 3.8) is 0 Å². The first kappa shape index (κ1) is 78.4. The van der Waals surface area contributed by atoms with Gasteiger partial charge in [0.2, 0.25) is 17.8 Å². The molecule has 0 saturated heterocycles. The van der Waals surface area contributed by atoms with E-state index < -0.39 is 0 Å². The number of hydrogen-bond donors (Lipinski definition) is 0. The highest BCUT2D eigenvalue weighted by Crippen LogP contribution is 2.58. The van der Waals surface area contributed by atoms with Crippen molar-refractivity contribution in [3.05, 3.63) is 455 Å². The number of fused-ring (bicyclic) bond motifs is 23. The Balaban J connectivity index is 0.000000101. The third-order valence-electron chi connectivity index (χ3n) is 28.4. The Morgan fingerprint density at radius 3 is 0.900 bits per heavy atom. The minimum atomic E-state index is 0.605. The van der Waals surface area contributed by atoms with Gasteiger partial charge >= 0.3 is 0 Å². The van der Waals surface area contributed by atoms with Gasteiger partial charge in [-0.05, 0) is 188 Å². The van der Waals surface area contributed by atoms with Crippen molar-refractivity contribution >= 4 is 204 Å². The molecule has 22 aromatic carbocycles. The van der Waals surface area contributed by atoms with Crippen LogP contribution in [0.2, 0.25) is 0 Å². The van der Waals surface area contributed by atoms with Crippen LogP contribution in [0.1, 0.15) is 0 Å². The lowest BCUT2D eigenvalue weighted by Crippen LogP contribution is -2.18. The van der Waals surface area contributed by atoms with E-state index in [0.29, 0.717) is 34.6 Å². The molecule has 12 heteroatoms. The Morgan fingerprint density at radius 1 is 0.164 bits per heavy atom. The zero-order chi connectivity index (χ0) is 91.7. The molecule has 9 heterocycles. The first-order chi connectivity index (χ1) is 69.4. The largest absolute Gasteiger partial charge is 0.452 e. The summed E-state index contributed by atoms with van der Waals surface area (Å²) in [7, 11) is 0. The first-order valence-corrected chi connectivity index (χ1v) is 47.3. The second-order valence-electron chi connectivity index (χ2n) is 36.1. The fourth-order valence-electron chi connectivity index (χ4n) is 22.1. The molecule has 0 saturated carbocycles. The van der Waals surface area contributed by atoms with Gasteiger partial charge in [-0.2, -0.15) is 0 Å². The number of hydrogen-bond acceptors (Lipinski definition) is 12. The first-order valence-electron chi connectivity index (χ1n) is 47.3. The van der Waals surface area contributed by atoms with Crippen molar-refractivity contribution in [2.24, 2.45) is 0 Å². The number of anilines is 9. The maximum atomic E-state index is 6.64. The molecule has 12 nitrogen and oxygen atoms in total. The summed E-state index contributed by atoms with van der Waals surface area (Å²) in [6.07, 6.45) is 0. The number of para-hydroxylation sites is 3. The van der Waals surface area contributed by atoms with Gasteiger partial charge < -0.3 is 13.3 Å². The number of nitrogens with zero attached hydrogens (tertiary/aromatic N) is 9. The Bertz CT molecular complexity index is 10100. The number of rotatable bonds is 8. The van der Waals surface area contributed by atoms with Crippen LogP contribution in [0, 0.1) is 0 Å². The minimum absolute atomic E-state index is 0.605. The van der Waals surface area contributed by atoms with Gasteiger partial charge in [0, 0.05) is 65.7 Å². The second kappa shape index (κ2) is 31.3. The molecule has 3 aliphatic heterocycles. The van der Waals surface area contributed by atoms with Gasteiger partial charge in [0.25, 0.3) is 0 Å². The maximum absolute atomic E-state index is 6.64. The van der Waals surface area contributed by atoms with Crippen LogP contribution in [0.5, 0.6) is 0 Å². The fourth-order valence-corrected chi connectivity index (χ4v) is 22.1. The predicted octanol–water partition coefficient (Wildman–Crippen LogP) is 35.0. The van der Waals surface area contributed by atoms with Gasteiger partial charge in [0.1, 0.15) is 50.4 Å². The molecule has 3 aliphatic rings. The van der Waals surface area contributed by atoms with E-state index in [2.05, 4.69) is 409 Å². The fraction of sp³-hybridized carbons (Fsp3) is 0. The van der Waals surface area contributed by atoms with Crippen molar-refractivity contribution in [2.75, 3.05) is 14.7 Å². The smallest absolute Gasteiger partial charge is 0.236 e. The van der Waals surface area contributed by atoms with E-state index in [1.54, 1.807) is 0 Å². The molecule has 0 spiro atoms. The van der Waals surface area contributed by atoms with Crippen molar-refractivity contribution in [1.82, 2.24) is 29.9 Å². The van der Waals surface area contributed by atoms with Gasteiger partial charge in [0.15, 0.2) is 16.7 Å². The molecule has 140 heavy (non-hydrogen) atoms. The van der Waals surface area contributed by atoms with E-state index in [1.165, 1.54) is 120 Å². The average molecular weight is 1790 g/mol. The Morgan fingerprint density at radius 2 is 0.464 bits per heavy atom. The third-order valence-corrected chi connectivity index (χ3v) is 28.4. The van der Waals surface area contributed by atoms with E-state index in [9.17, 15) is 0 Å². The number of furan rings is 3. The molecule has 0 unspecified atom stereocenters. The molecule has 28 aromatic rings. The third kappa shape index (κ3) is 12.2. The monoisotopic (exact) mass is 1790 g/mol. The van der Waals surface area contributed by atoms with E-state index >= 15 is 0 Å². The molecule has 650 valence electrons. The zero-order valence-corrected chi connectivity index (χ0v) is 75.1. The van der Waals surface area contributed by atoms with E-state index in [0.717, 1.165) is 139 Å². The zero-order valence-electron chi connectivity index (χ0n) is 75.1. The summed E-state index contributed by atoms with van der Waals surface area (Å²) >= 11 is 0. The van der Waals surface area contributed by atoms with Gasteiger partial charge in [-0.15, -0.1) is 0 Å². The Labute approximate surface area is 801 Å². The lowest BCUT2D eigenvalue weighted by atomic mass is 9.88. The van der Waals surface area contributed by atoms with Crippen molar-refractivity contribution in [1.29, 1.82) is 0 Å². The molecule has 0 N–H and O–H groups in total. The summed E-state index contributed by atoms with van der Waals surface area (Å²) in [5.41, 5.74) is 30.4. The quantitative estimate of drug-likeness (QED) is 0.144. The van der Waals surface area contributed by atoms with Crippen LogP contribution in [0.4, 0.5) is 52.0 Å². The van der Waals surface area contributed by atoms with Gasteiger partial charge in [-0.3, -0.25) is 14.7 Å². The predicted molar refractivity (Wildman–Crippen MR) is 576 cm³/mol. The molecule has 0 amide bonds. The molecular weight excluding hydrogens is 1710 g/mol. The van der Waals surface area contributed by atoms with Crippen LogP contribution in [-0.4, -0.2) is 29.9 Å².